The second kappa shape index (κ2) is 14.4. The highest BCUT2D eigenvalue weighted by Crippen LogP contribution is 2.57. The first-order valence-corrected chi connectivity index (χ1v) is 19.2. The molecule has 4 aliphatic carbocycles. The van der Waals surface area contributed by atoms with Crippen LogP contribution in [-0.4, -0.2) is 90.7 Å². The number of hydrogen-bond acceptors (Lipinski definition) is 10. The van der Waals surface area contributed by atoms with Crippen molar-refractivity contribution < 1.29 is 32.8 Å². The minimum atomic E-state index is -3.28. The van der Waals surface area contributed by atoms with Gasteiger partial charge in [0, 0.05) is 41.6 Å². The van der Waals surface area contributed by atoms with E-state index in [2.05, 4.69) is 33.1 Å². The predicted molar refractivity (Wildman–Crippen MR) is 195 cm³/mol. The van der Waals surface area contributed by atoms with Gasteiger partial charge in [-0.3, -0.25) is 0 Å². The average molecular weight is 718 g/mol. The molecule has 4 saturated carbocycles. The molecule has 4 amide bonds. The van der Waals surface area contributed by atoms with Gasteiger partial charge in [0.2, 0.25) is 0 Å². The van der Waals surface area contributed by atoms with Crippen LogP contribution < -0.4 is 31.6 Å². The third-order valence-corrected chi connectivity index (χ3v) is 12.8. The van der Waals surface area contributed by atoms with Crippen molar-refractivity contribution in [3.8, 4) is 11.4 Å². The highest BCUT2D eigenvalue weighted by molar-refractivity contribution is 7.93. The van der Waals surface area contributed by atoms with Crippen LogP contribution in [0, 0.1) is 0 Å². The van der Waals surface area contributed by atoms with Crippen molar-refractivity contribution in [1.29, 1.82) is 0 Å². The molecule has 1 atom stereocenters. The van der Waals surface area contributed by atoms with E-state index < -0.39 is 21.7 Å². The van der Waals surface area contributed by atoms with Crippen molar-refractivity contribution in [2.24, 2.45) is 0 Å². The fraction of sp³-hybridized carbons (Fsp3) is 0.486. The molecule has 3 aromatic rings. The van der Waals surface area contributed by atoms with Gasteiger partial charge in [-0.1, -0.05) is 12.1 Å². The van der Waals surface area contributed by atoms with Crippen molar-refractivity contribution in [1.82, 2.24) is 20.6 Å². The summed E-state index contributed by atoms with van der Waals surface area (Å²) in [5.74, 6) is 1.24. The van der Waals surface area contributed by atoms with E-state index in [1.165, 1.54) is 0 Å². The number of rotatable bonds is 10. The van der Waals surface area contributed by atoms with Gasteiger partial charge in [0.1, 0.15) is 10.6 Å². The number of carbonyl (C=O) groups is 2. The van der Waals surface area contributed by atoms with Crippen LogP contribution in [-0.2, 0) is 19.3 Å². The smallest absolute Gasteiger partial charge is 0.423 e. The van der Waals surface area contributed by atoms with E-state index >= 15 is 0 Å². The minimum absolute atomic E-state index is 0.131. The van der Waals surface area contributed by atoms with Crippen LogP contribution in [0.2, 0.25) is 0 Å². The highest BCUT2D eigenvalue weighted by Gasteiger charge is 2.61. The zero-order valence-corrected chi connectivity index (χ0v) is 29.4. The lowest BCUT2D eigenvalue weighted by atomic mass is 9.80. The largest absolute Gasteiger partial charge is 0.488 e. The zero-order valence-electron chi connectivity index (χ0n) is 28.5. The maximum atomic E-state index is 13.4. The van der Waals surface area contributed by atoms with Gasteiger partial charge in [-0.15, -0.1) is 0 Å². The van der Waals surface area contributed by atoms with Crippen LogP contribution in [0.25, 0.3) is 11.4 Å². The Balaban J connectivity index is 0.000000213. The van der Waals surface area contributed by atoms with Crippen molar-refractivity contribution >= 4 is 51.7 Å². The second-order valence-electron chi connectivity index (χ2n) is 14.1. The molecule has 2 aromatic carbocycles. The molecule has 0 unspecified atom stereocenters. The molecule has 51 heavy (non-hydrogen) atoms. The van der Waals surface area contributed by atoms with Crippen LogP contribution in [0.15, 0.2) is 54.6 Å². The number of sulfone groups is 1. The fourth-order valence-electron chi connectivity index (χ4n) is 6.11. The standard InChI is InChI=1S/C25H31N5O4S.C10H13BN2O3/c1-16-15-34-13-12-30(16)22-14-21(25(10-11-25)35(32,33)20-8-9-20)28-23(29-22)17-2-4-18(5-3-17)26-24(31)27-19-6-7-19;14-10(13-9-5-6-9)12-8-3-1-7(2-4-8)11(15)16/h2-5,14,16,19-20H,6-13,15H2,1H3,(H2,26,27,31);1-4,9,15-16H,5-6H2,(H2,12,13,14)/t16-;/m0./s1. The topological polar surface area (TPSA) is 195 Å². The van der Waals surface area contributed by atoms with Gasteiger partial charge in [-0.25, -0.2) is 28.0 Å². The number of urea groups is 2. The molecule has 8 rings (SSSR count). The summed E-state index contributed by atoms with van der Waals surface area (Å²) in [6.07, 6.45) is 6.87. The Labute approximate surface area is 297 Å². The summed E-state index contributed by atoms with van der Waals surface area (Å²) in [5.41, 5.74) is 3.09. The van der Waals surface area contributed by atoms with Crippen molar-refractivity contribution in [3.63, 3.8) is 0 Å². The normalized spacial score (nSPS) is 20.7. The van der Waals surface area contributed by atoms with E-state index in [0.29, 0.717) is 67.0 Å². The molecule has 5 fully saturated rings. The highest BCUT2D eigenvalue weighted by atomic mass is 32.2. The first-order valence-electron chi connectivity index (χ1n) is 17.7. The van der Waals surface area contributed by atoms with Crippen LogP contribution in [0.5, 0.6) is 0 Å². The molecule has 270 valence electrons. The van der Waals surface area contributed by atoms with Crippen molar-refractivity contribution in [2.75, 3.05) is 35.3 Å². The van der Waals surface area contributed by atoms with Gasteiger partial charge < -0.3 is 41.0 Å². The summed E-state index contributed by atoms with van der Waals surface area (Å²) < 4.78 is 31.4. The number of morpholine rings is 1. The van der Waals surface area contributed by atoms with Crippen LogP contribution in [0.1, 0.15) is 64.0 Å². The van der Waals surface area contributed by atoms with Gasteiger partial charge >= 0.3 is 19.2 Å². The van der Waals surface area contributed by atoms with Gasteiger partial charge in [0.05, 0.1) is 30.2 Å². The third kappa shape index (κ3) is 8.46. The molecule has 14 nitrogen and oxygen atoms in total. The van der Waals surface area contributed by atoms with Crippen molar-refractivity contribution in [2.45, 2.75) is 86.4 Å². The van der Waals surface area contributed by atoms with Gasteiger partial charge in [0.15, 0.2) is 15.7 Å². The Kier molecular flexibility index (Phi) is 9.94. The van der Waals surface area contributed by atoms with Gasteiger partial charge in [-0.05, 0) is 100 Å². The Morgan fingerprint density at radius 2 is 1.43 bits per heavy atom. The maximum absolute atomic E-state index is 13.4. The monoisotopic (exact) mass is 717 g/mol. The number of aromatic nitrogens is 2. The van der Waals surface area contributed by atoms with E-state index in [1.807, 2.05) is 30.3 Å². The Hall–Kier alpha value is -4.25. The predicted octanol–water partition coefficient (Wildman–Crippen LogP) is 2.87. The molecule has 1 aromatic heterocycles. The Morgan fingerprint density at radius 3 is 1.92 bits per heavy atom. The molecular formula is C35H44BN7O7S. The van der Waals surface area contributed by atoms with Crippen LogP contribution in [0.4, 0.5) is 26.8 Å². The third-order valence-electron chi connectivity index (χ3n) is 9.75. The lowest BCUT2D eigenvalue weighted by Gasteiger charge is -2.34. The molecule has 2 heterocycles. The number of carbonyl (C=O) groups excluding carboxylic acids is 2. The summed E-state index contributed by atoms with van der Waals surface area (Å²) in [4.78, 5) is 35.3. The SMILES string of the molecule is C[C@H]1COCCN1c1cc(C2(S(=O)(=O)C3CC3)CC2)nc(-c2ccc(NC(=O)NC3CC3)cc2)n1.O=C(Nc1ccc(B(O)O)cc1)NC1CC1. The zero-order chi connectivity index (χ0) is 35.8. The quantitative estimate of drug-likeness (QED) is 0.170. The number of anilines is 3. The van der Waals surface area contributed by atoms with E-state index in [-0.39, 0.29) is 29.4 Å². The number of hydrogen-bond donors (Lipinski definition) is 6. The molecular weight excluding hydrogens is 673 g/mol. The number of amides is 4. The van der Waals surface area contributed by atoms with Crippen LogP contribution in [0.3, 0.4) is 0 Å². The first-order chi connectivity index (χ1) is 24.5. The summed E-state index contributed by atoms with van der Waals surface area (Å²) in [6, 6.07) is 15.9. The fourth-order valence-corrected chi connectivity index (χ4v) is 8.57. The Bertz CT molecular complexity index is 1850. The first kappa shape index (κ1) is 35.2. The summed E-state index contributed by atoms with van der Waals surface area (Å²) >= 11 is 0. The van der Waals surface area contributed by atoms with E-state index in [9.17, 15) is 18.0 Å². The molecule has 1 saturated heterocycles. The molecule has 0 bridgehead atoms. The number of nitrogens with one attached hydrogen (secondary N) is 4. The van der Waals surface area contributed by atoms with Crippen LogP contribution >= 0.6 is 0 Å². The molecule has 0 radical (unpaired) electrons. The number of benzene rings is 2. The number of ether oxygens (including phenoxy) is 1. The van der Waals surface area contributed by atoms with E-state index in [1.54, 1.807) is 24.3 Å². The molecule has 1 aliphatic heterocycles. The summed E-state index contributed by atoms with van der Waals surface area (Å²) in [7, 11) is -4.76. The maximum Gasteiger partial charge on any atom is 0.488 e. The average Bonchev–Trinajstić information content (AvgIpc) is 3.92. The van der Waals surface area contributed by atoms with Gasteiger partial charge in [-0.2, -0.15) is 0 Å². The number of nitrogens with zero attached hydrogens (tertiary/aromatic N) is 3. The second-order valence-corrected chi connectivity index (χ2v) is 16.6. The molecule has 6 N–H and O–H groups in total. The molecule has 5 aliphatic rings. The molecule has 16 heteroatoms. The van der Waals surface area contributed by atoms with Crippen molar-refractivity contribution in [3.05, 3.63) is 60.3 Å². The lowest BCUT2D eigenvalue weighted by molar-refractivity contribution is 0.0985. The summed E-state index contributed by atoms with van der Waals surface area (Å²) in [6.45, 7) is 3.98. The Morgan fingerprint density at radius 1 is 0.863 bits per heavy atom. The lowest BCUT2D eigenvalue weighted by Crippen LogP contribution is -2.44. The summed E-state index contributed by atoms with van der Waals surface area (Å²) in [5, 5.41) is 28.7. The van der Waals surface area contributed by atoms with E-state index in [0.717, 1.165) is 49.9 Å². The van der Waals surface area contributed by atoms with E-state index in [4.69, 9.17) is 24.8 Å². The minimum Gasteiger partial charge on any atom is -0.423 e. The molecule has 0 spiro atoms. The van der Waals surface area contributed by atoms with Gasteiger partial charge in [0.25, 0.3) is 0 Å².